The van der Waals surface area contributed by atoms with E-state index in [1.54, 1.807) is 0 Å². The Morgan fingerprint density at radius 3 is 1.11 bits per heavy atom. The fourth-order valence-corrected chi connectivity index (χ4v) is 5.23. The third-order valence-electron chi connectivity index (χ3n) is 2.02. The van der Waals surface area contributed by atoms with Gasteiger partial charge < -0.3 is 4.43 Å². The topological polar surface area (TPSA) is 9.23 Å². The Kier molecular flexibility index (Phi) is 5.75. The smallest absolute Gasteiger partial charge is 0.389 e. The van der Waals surface area contributed by atoms with Gasteiger partial charge in [0.2, 0.25) is 8.32 Å². The summed E-state index contributed by atoms with van der Waals surface area (Å²) in [6.07, 6.45) is -15.4. The molecule has 0 unspecified atom stereocenters. The minimum Gasteiger partial charge on any atom is -0.416 e. The Balaban J connectivity index is 5.34. The maximum absolute atomic E-state index is 12.2. The lowest BCUT2D eigenvalue weighted by Crippen LogP contribution is -2.49. The van der Waals surface area contributed by atoms with Crippen LogP contribution in [0.3, 0.4) is 0 Å². The van der Waals surface area contributed by atoms with Gasteiger partial charge in [-0.2, -0.15) is 39.5 Å². The minimum atomic E-state index is -5.14. The Morgan fingerprint density at radius 2 is 0.947 bits per heavy atom. The van der Waals surface area contributed by atoms with Gasteiger partial charge in [0.15, 0.2) is 0 Å². The highest BCUT2D eigenvalue weighted by molar-refractivity contribution is 6.74. The molecular weight excluding hydrogens is 311 g/mol. The van der Waals surface area contributed by atoms with E-state index in [4.69, 9.17) is 0 Å². The molecule has 0 fully saturated rings. The van der Waals surface area contributed by atoms with Gasteiger partial charge in [-0.3, -0.25) is 0 Å². The van der Waals surface area contributed by atoms with Gasteiger partial charge in [-0.25, -0.2) is 0 Å². The van der Waals surface area contributed by atoms with Gasteiger partial charge in [0.1, 0.15) is 0 Å². The van der Waals surface area contributed by atoms with Crippen LogP contribution in [0.5, 0.6) is 0 Å². The zero-order valence-corrected chi connectivity index (χ0v) is 10.6. The van der Waals surface area contributed by atoms with Gasteiger partial charge in [-0.05, 0) is 6.92 Å². The molecule has 19 heavy (non-hydrogen) atoms. The van der Waals surface area contributed by atoms with Crippen molar-refractivity contribution < 1.29 is 43.9 Å². The van der Waals surface area contributed by atoms with E-state index < -0.39 is 51.6 Å². The van der Waals surface area contributed by atoms with Crippen LogP contribution in [0.4, 0.5) is 39.5 Å². The van der Waals surface area contributed by atoms with Crippen LogP contribution >= 0.6 is 0 Å². The van der Waals surface area contributed by atoms with Crippen LogP contribution in [0, 0.1) is 0 Å². The van der Waals surface area contributed by atoms with E-state index in [9.17, 15) is 39.5 Å². The lowest BCUT2D eigenvalue weighted by atomic mass is 10.7. The molecule has 0 amide bonds. The van der Waals surface area contributed by atoms with Crippen LogP contribution in [-0.2, 0) is 4.43 Å². The SMILES string of the molecule is CCO[Si](CC(F)(F)F)(CC(F)(F)F)CC(F)(F)F. The molecule has 0 aromatic heterocycles. The zero-order valence-electron chi connectivity index (χ0n) is 9.64. The first kappa shape index (κ1) is 18.5. The summed E-state index contributed by atoms with van der Waals surface area (Å²) < 4.78 is 115. The molecule has 0 saturated heterocycles. The lowest BCUT2D eigenvalue weighted by Gasteiger charge is -2.33. The van der Waals surface area contributed by atoms with Crippen LogP contribution in [0.15, 0.2) is 0 Å². The molecule has 0 N–H and O–H groups in total. The number of hydrogen-bond donors (Lipinski definition) is 0. The number of rotatable bonds is 5. The van der Waals surface area contributed by atoms with Crippen molar-refractivity contribution in [3.63, 3.8) is 0 Å². The largest absolute Gasteiger partial charge is 0.416 e. The van der Waals surface area contributed by atoms with E-state index in [0.29, 0.717) is 0 Å². The van der Waals surface area contributed by atoms with Gasteiger partial charge >= 0.3 is 18.5 Å². The number of alkyl halides is 9. The molecule has 0 saturated carbocycles. The summed E-state index contributed by atoms with van der Waals surface area (Å²) in [4.78, 5) is 0. The van der Waals surface area contributed by atoms with Crippen LogP contribution in [0.2, 0.25) is 18.1 Å². The molecule has 0 aliphatic carbocycles. The molecule has 0 heterocycles. The summed E-state index contributed by atoms with van der Waals surface area (Å²) in [5.74, 6) is 0. The molecule has 0 atom stereocenters. The van der Waals surface area contributed by atoms with Gasteiger partial charge in [-0.15, -0.1) is 0 Å². The first-order valence-electron chi connectivity index (χ1n) is 5.02. The van der Waals surface area contributed by atoms with Crippen LogP contribution < -0.4 is 0 Å². The van der Waals surface area contributed by atoms with E-state index in [0.717, 1.165) is 6.92 Å². The average molecular weight is 322 g/mol. The van der Waals surface area contributed by atoms with Crippen molar-refractivity contribution in [3.8, 4) is 0 Å². The summed E-state index contributed by atoms with van der Waals surface area (Å²) in [6, 6.07) is -6.52. The first-order chi connectivity index (χ1) is 8.18. The monoisotopic (exact) mass is 322 g/mol. The van der Waals surface area contributed by atoms with E-state index in [-0.39, 0.29) is 0 Å². The van der Waals surface area contributed by atoms with E-state index >= 15 is 0 Å². The molecule has 0 aromatic carbocycles. The summed E-state index contributed by atoms with van der Waals surface area (Å²) in [7, 11) is -5.08. The van der Waals surface area contributed by atoms with E-state index in [2.05, 4.69) is 4.43 Å². The summed E-state index contributed by atoms with van der Waals surface area (Å²) in [6.45, 7) is 0.430. The fraction of sp³-hybridized carbons (Fsp3) is 1.00. The standard InChI is InChI=1S/C8H11F9OSi/c1-2-18-19(3-6(9,10)11,4-7(12,13)14)5-8(15,16)17/h2-5H2,1H3. The van der Waals surface area contributed by atoms with Crippen molar-refractivity contribution in [2.75, 3.05) is 6.61 Å². The Morgan fingerprint density at radius 1 is 0.684 bits per heavy atom. The van der Waals surface area contributed by atoms with Crippen LogP contribution in [0.1, 0.15) is 6.92 Å². The minimum absolute atomic E-state index is 0.630. The number of hydrogen-bond acceptors (Lipinski definition) is 1. The molecule has 0 aliphatic heterocycles. The van der Waals surface area contributed by atoms with Crippen molar-refractivity contribution >= 4 is 8.32 Å². The average Bonchev–Trinajstić information content (AvgIpc) is 1.90. The van der Waals surface area contributed by atoms with Crippen LogP contribution in [-0.4, -0.2) is 33.5 Å². The first-order valence-corrected chi connectivity index (χ1v) is 7.55. The Bertz CT molecular complexity index is 239. The van der Waals surface area contributed by atoms with Gasteiger partial charge in [0.05, 0.1) is 18.1 Å². The van der Waals surface area contributed by atoms with Crippen molar-refractivity contribution in [2.45, 2.75) is 43.6 Å². The Labute approximate surface area is 103 Å². The maximum atomic E-state index is 12.2. The van der Waals surface area contributed by atoms with Gasteiger partial charge in [0.25, 0.3) is 0 Å². The summed E-state index contributed by atoms with van der Waals surface area (Å²) in [5.41, 5.74) is 0. The molecule has 0 bridgehead atoms. The Hall–Kier alpha value is -0.453. The fourth-order valence-electron chi connectivity index (χ4n) is 1.74. The summed E-state index contributed by atoms with van der Waals surface area (Å²) >= 11 is 0. The molecule has 116 valence electrons. The normalized spacial score (nSPS) is 14.8. The van der Waals surface area contributed by atoms with Crippen molar-refractivity contribution in [2.24, 2.45) is 0 Å². The molecule has 1 nitrogen and oxygen atoms in total. The van der Waals surface area contributed by atoms with E-state index in [1.807, 2.05) is 0 Å². The molecule has 0 rings (SSSR count). The third-order valence-corrected chi connectivity index (χ3v) is 6.06. The van der Waals surface area contributed by atoms with Crippen molar-refractivity contribution in [1.82, 2.24) is 0 Å². The second-order valence-electron chi connectivity index (χ2n) is 3.99. The van der Waals surface area contributed by atoms with Crippen LogP contribution in [0.25, 0.3) is 0 Å². The predicted octanol–water partition coefficient (Wildman–Crippen LogP) is 4.66. The molecule has 11 heteroatoms. The van der Waals surface area contributed by atoms with Gasteiger partial charge in [-0.1, -0.05) is 0 Å². The van der Waals surface area contributed by atoms with Crippen molar-refractivity contribution in [3.05, 3.63) is 0 Å². The second-order valence-corrected chi connectivity index (χ2v) is 7.71. The quantitative estimate of drug-likeness (QED) is 0.528. The van der Waals surface area contributed by atoms with E-state index in [1.165, 1.54) is 0 Å². The third kappa shape index (κ3) is 9.14. The molecule has 0 aliphatic rings. The summed E-state index contributed by atoms with van der Waals surface area (Å²) in [5, 5.41) is 0. The molecular formula is C8H11F9OSi. The number of halogens is 9. The molecule has 0 aromatic rings. The predicted molar refractivity (Wildman–Crippen MR) is 50.0 cm³/mol. The second kappa shape index (κ2) is 5.90. The highest BCUT2D eigenvalue weighted by atomic mass is 28.4. The lowest BCUT2D eigenvalue weighted by molar-refractivity contribution is -0.132. The highest BCUT2D eigenvalue weighted by Gasteiger charge is 2.56. The van der Waals surface area contributed by atoms with Gasteiger partial charge in [0, 0.05) is 6.61 Å². The molecule has 0 radical (unpaired) electrons. The van der Waals surface area contributed by atoms with Crippen molar-refractivity contribution in [1.29, 1.82) is 0 Å². The highest BCUT2D eigenvalue weighted by Crippen LogP contribution is 2.43. The molecule has 0 spiro atoms. The maximum Gasteiger partial charge on any atom is 0.389 e. The zero-order chi connectivity index (χ0) is 15.5.